The summed E-state index contributed by atoms with van der Waals surface area (Å²) >= 11 is 0. The summed E-state index contributed by atoms with van der Waals surface area (Å²) in [5.74, 6) is -2.26. The number of hydrogen-bond donors (Lipinski definition) is 2. The molecule has 1 aromatic rings. The van der Waals surface area contributed by atoms with Crippen LogP contribution in [0.3, 0.4) is 0 Å². The maximum atomic E-state index is 11.0. The number of aliphatic carboxylic acids is 1. The molecule has 0 bridgehead atoms. The van der Waals surface area contributed by atoms with Gasteiger partial charge in [0.25, 0.3) is 0 Å². The Morgan fingerprint density at radius 2 is 1.89 bits per heavy atom. The average Bonchev–Trinajstić information content (AvgIpc) is 2.30. The molecule has 0 aromatic heterocycles. The molecule has 0 radical (unpaired) electrons. The Morgan fingerprint density at radius 3 is 2.39 bits per heavy atom. The molecule has 0 fully saturated rings. The zero-order valence-electron chi connectivity index (χ0n) is 9.38. The van der Waals surface area contributed by atoms with E-state index in [0.717, 1.165) is 6.08 Å². The van der Waals surface area contributed by atoms with E-state index in [0.29, 0.717) is 5.69 Å². The van der Waals surface area contributed by atoms with Gasteiger partial charge >= 0.3 is 11.9 Å². The van der Waals surface area contributed by atoms with Crippen molar-refractivity contribution in [2.24, 2.45) is 0 Å². The summed E-state index contributed by atoms with van der Waals surface area (Å²) in [6, 6.07) is 5.92. The number of esters is 1. The highest BCUT2D eigenvalue weighted by molar-refractivity contribution is 5.98. The number of rotatable bonds is 5. The molecule has 2 N–H and O–H groups in total. The summed E-state index contributed by atoms with van der Waals surface area (Å²) in [4.78, 5) is 32.3. The first kappa shape index (κ1) is 13.4. The number of ether oxygens (including phenoxy) is 1. The van der Waals surface area contributed by atoms with Crippen LogP contribution in [0.15, 0.2) is 36.9 Å². The van der Waals surface area contributed by atoms with E-state index >= 15 is 0 Å². The fourth-order valence-corrected chi connectivity index (χ4v) is 1.09. The third kappa shape index (κ3) is 4.48. The maximum absolute atomic E-state index is 11.0. The molecule has 6 heteroatoms. The summed E-state index contributed by atoms with van der Waals surface area (Å²) in [6.07, 6.45) is 0.426. The van der Waals surface area contributed by atoms with Crippen LogP contribution < -0.4 is 10.1 Å². The second kappa shape index (κ2) is 6.19. The topological polar surface area (TPSA) is 92.7 Å². The van der Waals surface area contributed by atoms with Gasteiger partial charge in [-0.1, -0.05) is 6.58 Å². The first-order valence-corrected chi connectivity index (χ1v) is 4.97. The Morgan fingerprint density at radius 1 is 1.28 bits per heavy atom. The van der Waals surface area contributed by atoms with Crippen molar-refractivity contribution in [2.75, 3.05) is 5.32 Å². The Balaban J connectivity index is 2.60. The number of anilines is 1. The van der Waals surface area contributed by atoms with Gasteiger partial charge in [0.2, 0.25) is 5.91 Å². The van der Waals surface area contributed by atoms with Gasteiger partial charge in [0.15, 0.2) is 0 Å². The molecule has 0 saturated carbocycles. The van der Waals surface area contributed by atoms with E-state index < -0.39 is 18.4 Å². The molecule has 0 heterocycles. The van der Waals surface area contributed by atoms with Crippen molar-refractivity contribution in [2.45, 2.75) is 6.42 Å². The molecule has 0 unspecified atom stereocenters. The highest BCUT2D eigenvalue weighted by Gasteiger charge is 2.09. The van der Waals surface area contributed by atoms with Crippen LogP contribution >= 0.6 is 0 Å². The molecule has 0 aliphatic carbocycles. The molecule has 0 atom stereocenters. The normalized spacial score (nSPS) is 9.33. The van der Waals surface area contributed by atoms with Crippen molar-refractivity contribution >= 4 is 23.5 Å². The second-order valence-electron chi connectivity index (χ2n) is 3.26. The van der Waals surface area contributed by atoms with Crippen molar-refractivity contribution in [1.82, 2.24) is 0 Å². The number of benzene rings is 1. The van der Waals surface area contributed by atoms with Gasteiger partial charge in [0.05, 0.1) is 0 Å². The molecule has 1 rings (SSSR count). The van der Waals surface area contributed by atoms with Crippen LogP contribution in [0.1, 0.15) is 6.42 Å². The lowest BCUT2D eigenvalue weighted by atomic mass is 10.3. The van der Waals surface area contributed by atoms with Crippen LogP contribution in [0.25, 0.3) is 0 Å². The fraction of sp³-hybridized carbons (Fsp3) is 0.0833. The highest BCUT2D eigenvalue weighted by atomic mass is 16.5. The quantitative estimate of drug-likeness (QED) is 0.354. The standard InChI is InChI=1S/C12H11NO5/c1-2-10(14)13-8-3-5-9(6-4-8)18-12(17)7-11(15)16/h2-6H,1,7H2,(H,13,14)(H,15,16). The molecule has 94 valence electrons. The van der Waals surface area contributed by atoms with Crippen LogP contribution in [0.2, 0.25) is 0 Å². The predicted molar refractivity (Wildman–Crippen MR) is 63.2 cm³/mol. The molecule has 1 amide bonds. The third-order valence-electron chi connectivity index (χ3n) is 1.83. The van der Waals surface area contributed by atoms with E-state index in [1.54, 1.807) is 0 Å². The predicted octanol–water partition coefficient (Wildman–Crippen LogP) is 1.19. The minimum Gasteiger partial charge on any atom is -0.481 e. The zero-order valence-corrected chi connectivity index (χ0v) is 9.38. The lowest BCUT2D eigenvalue weighted by Crippen LogP contribution is -2.13. The lowest BCUT2D eigenvalue weighted by Gasteiger charge is -2.05. The Bertz CT molecular complexity index is 478. The summed E-state index contributed by atoms with van der Waals surface area (Å²) < 4.78 is 4.76. The second-order valence-corrected chi connectivity index (χ2v) is 3.26. The number of nitrogens with one attached hydrogen (secondary N) is 1. The fourth-order valence-electron chi connectivity index (χ4n) is 1.09. The molecular weight excluding hydrogens is 238 g/mol. The monoisotopic (exact) mass is 249 g/mol. The van der Waals surface area contributed by atoms with Crippen molar-refractivity contribution in [3.05, 3.63) is 36.9 Å². The van der Waals surface area contributed by atoms with Crippen molar-refractivity contribution in [1.29, 1.82) is 0 Å². The summed E-state index contributed by atoms with van der Waals surface area (Å²) in [7, 11) is 0. The van der Waals surface area contributed by atoms with E-state index in [1.165, 1.54) is 24.3 Å². The van der Waals surface area contributed by atoms with Gasteiger partial charge in [-0.3, -0.25) is 14.4 Å². The van der Waals surface area contributed by atoms with Crippen LogP contribution in [-0.4, -0.2) is 23.0 Å². The number of carbonyl (C=O) groups is 3. The van der Waals surface area contributed by atoms with E-state index in [4.69, 9.17) is 9.84 Å². The van der Waals surface area contributed by atoms with Crippen LogP contribution in [0.4, 0.5) is 5.69 Å². The molecule has 0 aliphatic heterocycles. The van der Waals surface area contributed by atoms with Gasteiger partial charge in [-0.15, -0.1) is 0 Å². The Kier molecular flexibility index (Phi) is 4.62. The van der Waals surface area contributed by atoms with E-state index in [1.807, 2.05) is 0 Å². The number of hydrogen-bond acceptors (Lipinski definition) is 4. The molecule has 0 saturated heterocycles. The summed E-state index contributed by atoms with van der Waals surface area (Å²) in [5.41, 5.74) is 0.512. The smallest absolute Gasteiger partial charge is 0.322 e. The number of amides is 1. The Labute approximate surface area is 103 Å². The maximum Gasteiger partial charge on any atom is 0.322 e. The molecule has 1 aromatic carbocycles. The number of carboxylic acid groups (broad SMARTS) is 1. The van der Waals surface area contributed by atoms with Crippen molar-refractivity contribution < 1.29 is 24.2 Å². The van der Waals surface area contributed by atoms with Crippen molar-refractivity contribution in [3.63, 3.8) is 0 Å². The highest BCUT2D eigenvalue weighted by Crippen LogP contribution is 2.16. The molecular formula is C12H11NO5. The van der Waals surface area contributed by atoms with Crippen LogP contribution in [-0.2, 0) is 14.4 Å². The summed E-state index contributed by atoms with van der Waals surface area (Å²) in [6.45, 7) is 3.30. The van der Waals surface area contributed by atoms with Crippen molar-refractivity contribution in [3.8, 4) is 5.75 Å². The van der Waals surface area contributed by atoms with Crippen LogP contribution in [0, 0.1) is 0 Å². The van der Waals surface area contributed by atoms with Gasteiger partial charge < -0.3 is 15.2 Å². The van der Waals surface area contributed by atoms with Gasteiger partial charge in [0.1, 0.15) is 12.2 Å². The minimum absolute atomic E-state index is 0.206. The molecule has 0 aliphatic rings. The molecule has 6 nitrogen and oxygen atoms in total. The SMILES string of the molecule is C=CC(=O)Nc1ccc(OC(=O)CC(=O)O)cc1. The van der Waals surface area contributed by atoms with Gasteiger partial charge in [-0.2, -0.15) is 0 Å². The van der Waals surface area contributed by atoms with Gasteiger partial charge in [-0.25, -0.2) is 0 Å². The third-order valence-corrected chi connectivity index (χ3v) is 1.83. The lowest BCUT2D eigenvalue weighted by molar-refractivity contribution is -0.145. The molecule has 18 heavy (non-hydrogen) atoms. The first-order valence-electron chi connectivity index (χ1n) is 4.97. The van der Waals surface area contributed by atoms with E-state index in [2.05, 4.69) is 11.9 Å². The Hall–Kier alpha value is -2.63. The molecule has 0 spiro atoms. The van der Waals surface area contributed by atoms with E-state index in [-0.39, 0.29) is 11.7 Å². The van der Waals surface area contributed by atoms with Gasteiger partial charge in [0, 0.05) is 5.69 Å². The summed E-state index contributed by atoms with van der Waals surface area (Å²) in [5, 5.41) is 10.9. The number of carboxylic acids is 1. The largest absolute Gasteiger partial charge is 0.481 e. The first-order chi connectivity index (χ1) is 8.51. The van der Waals surface area contributed by atoms with Crippen LogP contribution in [0.5, 0.6) is 5.75 Å². The average molecular weight is 249 g/mol. The zero-order chi connectivity index (χ0) is 13.5. The van der Waals surface area contributed by atoms with E-state index in [9.17, 15) is 14.4 Å². The minimum atomic E-state index is -1.25. The van der Waals surface area contributed by atoms with Gasteiger partial charge in [-0.05, 0) is 30.3 Å². The number of carbonyl (C=O) groups excluding carboxylic acids is 2.